The highest BCUT2D eigenvalue weighted by Crippen LogP contribution is 2.28. The Balaban J connectivity index is 1.65. The molecule has 0 aliphatic heterocycles. The lowest BCUT2D eigenvalue weighted by atomic mass is 9.90. The van der Waals surface area contributed by atoms with Gasteiger partial charge in [0.25, 0.3) is 0 Å². The van der Waals surface area contributed by atoms with Crippen molar-refractivity contribution in [1.82, 2.24) is 9.97 Å². The highest BCUT2D eigenvalue weighted by molar-refractivity contribution is 5.61. The molecule has 0 atom stereocenters. The number of nitrogens with zero attached hydrogens (tertiary/aromatic N) is 3. The molecule has 0 spiro atoms. The normalized spacial score (nSPS) is 14.7. The number of aromatic nitrogens is 2. The maximum atomic E-state index is 9.52. The molecule has 0 radical (unpaired) electrons. The van der Waals surface area contributed by atoms with E-state index in [1.807, 2.05) is 30.6 Å². The fourth-order valence-electron chi connectivity index (χ4n) is 3.66. The number of hydrogen-bond acceptors (Lipinski definition) is 4. The third-order valence-electron chi connectivity index (χ3n) is 5.33. The summed E-state index contributed by atoms with van der Waals surface area (Å²) in [4.78, 5) is 8.98. The quantitative estimate of drug-likeness (QED) is 0.564. The lowest BCUT2D eigenvalue weighted by Crippen LogP contribution is -2.15. The average molecular weight is 364 g/mol. The predicted molar refractivity (Wildman–Crippen MR) is 107 cm³/mol. The van der Waals surface area contributed by atoms with Gasteiger partial charge in [-0.15, -0.1) is 0 Å². The molecule has 1 aliphatic rings. The summed E-state index contributed by atoms with van der Waals surface area (Å²) in [5.74, 6) is 1.95. The zero-order chi connectivity index (χ0) is 18.9. The molecule has 4 nitrogen and oxygen atoms in total. The van der Waals surface area contributed by atoms with Crippen LogP contribution in [0.4, 0.5) is 0 Å². The van der Waals surface area contributed by atoms with E-state index in [2.05, 4.69) is 23.0 Å². The molecule has 27 heavy (non-hydrogen) atoms. The monoisotopic (exact) mass is 363 g/mol. The summed E-state index contributed by atoms with van der Waals surface area (Å²) in [6, 6.07) is 7.93. The summed E-state index contributed by atoms with van der Waals surface area (Å²) in [6.07, 6.45) is 14.8. The molecule has 0 bridgehead atoms. The summed E-state index contributed by atoms with van der Waals surface area (Å²) >= 11 is 0. The van der Waals surface area contributed by atoms with E-state index in [0.29, 0.717) is 29.7 Å². The number of nitriles is 1. The molecule has 1 heterocycles. The second-order valence-corrected chi connectivity index (χ2v) is 7.51. The van der Waals surface area contributed by atoms with Crippen molar-refractivity contribution in [3.63, 3.8) is 0 Å². The summed E-state index contributed by atoms with van der Waals surface area (Å²) < 4.78 is 5.97. The number of rotatable bonds is 8. The van der Waals surface area contributed by atoms with Gasteiger partial charge >= 0.3 is 0 Å². The minimum atomic E-state index is 0.555. The van der Waals surface area contributed by atoms with E-state index in [9.17, 15) is 5.26 Å². The first kappa shape index (κ1) is 19.4. The fraction of sp³-hybridized carbons (Fsp3) is 0.522. The van der Waals surface area contributed by atoms with E-state index in [0.717, 1.165) is 12.0 Å². The number of benzene rings is 1. The zero-order valence-electron chi connectivity index (χ0n) is 16.3. The third kappa shape index (κ3) is 5.53. The molecular weight excluding hydrogens is 334 g/mol. The van der Waals surface area contributed by atoms with Gasteiger partial charge in [-0.05, 0) is 55.4 Å². The molecular formula is C23H29N3O. The lowest BCUT2D eigenvalue weighted by Gasteiger charge is -2.22. The van der Waals surface area contributed by atoms with E-state index in [1.54, 1.807) is 0 Å². The van der Waals surface area contributed by atoms with E-state index >= 15 is 0 Å². The van der Waals surface area contributed by atoms with Crippen LogP contribution in [-0.2, 0) is 6.42 Å². The molecule has 1 saturated carbocycles. The molecule has 142 valence electrons. The van der Waals surface area contributed by atoms with Gasteiger partial charge in [-0.1, -0.05) is 39.0 Å². The molecule has 0 saturated heterocycles. The van der Waals surface area contributed by atoms with Crippen LogP contribution in [-0.4, -0.2) is 16.6 Å². The van der Waals surface area contributed by atoms with Crippen molar-refractivity contribution in [2.75, 3.05) is 6.61 Å². The lowest BCUT2D eigenvalue weighted by molar-refractivity contribution is 0.208. The van der Waals surface area contributed by atoms with Crippen molar-refractivity contribution in [3.05, 3.63) is 41.7 Å². The molecule has 0 unspecified atom stereocenters. The third-order valence-corrected chi connectivity index (χ3v) is 5.33. The molecule has 1 aromatic heterocycles. The van der Waals surface area contributed by atoms with E-state index in [1.165, 1.54) is 56.9 Å². The van der Waals surface area contributed by atoms with Crippen LogP contribution in [0.15, 0.2) is 30.6 Å². The number of hydrogen-bond donors (Lipinski definition) is 0. The molecule has 1 aliphatic carbocycles. The Hall–Kier alpha value is -2.41. The van der Waals surface area contributed by atoms with Crippen molar-refractivity contribution in [1.29, 1.82) is 5.26 Å². The van der Waals surface area contributed by atoms with Crippen LogP contribution >= 0.6 is 0 Å². The molecule has 1 fully saturated rings. The molecule has 2 aromatic rings. The first-order chi connectivity index (χ1) is 13.3. The van der Waals surface area contributed by atoms with Gasteiger partial charge in [0.2, 0.25) is 0 Å². The Labute approximate surface area is 162 Å². The van der Waals surface area contributed by atoms with Gasteiger partial charge in [0.15, 0.2) is 5.82 Å². The highest BCUT2D eigenvalue weighted by atomic mass is 16.5. The van der Waals surface area contributed by atoms with E-state index in [-0.39, 0.29) is 0 Å². The Morgan fingerprint density at radius 1 is 1.11 bits per heavy atom. The Bertz CT molecular complexity index is 758. The summed E-state index contributed by atoms with van der Waals surface area (Å²) in [5, 5.41) is 9.52. The van der Waals surface area contributed by atoms with E-state index < -0.39 is 0 Å². The van der Waals surface area contributed by atoms with Crippen LogP contribution in [0.25, 0.3) is 11.4 Å². The molecule has 3 rings (SSSR count). The minimum Gasteiger partial charge on any atom is -0.492 e. The van der Waals surface area contributed by atoms with Crippen LogP contribution in [0.2, 0.25) is 0 Å². The Morgan fingerprint density at radius 2 is 1.89 bits per heavy atom. The maximum absolute atomic E-state index is 9.52. The fourth-order valence-corrected chi connectivity index (χ4v) is 3.66. The summed E-state index contributed by atoms with van der Waals surface area (Å²) in [7, 11) is 0. The van der Waals surface area contributed by atoms with Crippen molar-refractivity contribution in [3.8, 4) is 23.2 Å². The zero-order valence-corrected chi connectivity index (χ0v) is 16.3. The van der Waals surface area contributed by atoms with Gasteiger partial charge in [-0.3, -0.25) is 0 Å². The topological polar surface area (TPSA) is 58.8 Å². The average Bonchev–Trinajstić information content (AvgIpc) is 2.73. The van der Waals surface area contributed by atoms with Crippen LogP contribution in [0.5, 0.6) is 5.75 Å². The van der Waals surface area contributed by atoms with Gasteiger partial charge in [0.1, 0.15) is 11.8 Å². The smallest absolute Gasteiger partial charge is 0.159 e. The summed E-state index contributed by atoms with van der Waals surface area (Å²) in [5.41, 5.74) is 2.58. The minimum absolute atomic E-state index is 0.555. The number of aryl methyl sites for hydroxylation is 1. The van der Waals surface area contributed by atoms with Crippen LogP contribution in [0.3, 0.4) is 0 Å². The van der Waals surface area contributed by atoms with Crippen molar-refractivity contribution < 1.29 is 4.74 Å². The second-order valence-electron chi connectivity index (χ2n) is 7.51. The maximum Gasteiger partial charge on any atom is 0.159 e. The Morgan fingerprint density at radius 3 is 2.59 bits per heavy atom. The van der Waals surface area contributed by atoms with Crippen LogP contribution in [0, 0.1) is 17.2 Å². The predicted octanol–water partition coefficient (Wildman–Crippen LogP) is 5.71. The molecule has 0 N–H and O–H groups in total. The SMILES string of the molecule is CCCCCc1cnc(-c2ccc(OCC3CCCCC3)c(C#N)c2)nc1. The van der Waals surface area contributed by atoms with Crippen LogP contribution in [0.1, 0.15) is 69.4 Å². The van der Waals surface area contributed by atoms with E-state index in [4.69, 9.17) is 4.74 Å². The number of ether oxygens (including phenoxy) is 1. The Kier molecular flexibility index (Phi) is 7.21. The van der Waals surface area contributed by atoms with Gasteiger partial charge in [-0.2, -0.15) is 5.26 Å². The summed E-state index contributed by atoms with van der Waals surface area (Å²) in [6.45, 7) is 2.91. The van der Waals surface area contributed by atoms with Crippen LogP contribution < -0.4 is 4.74 Å². The van der Waals surface area contributed by atoms with Crippen molar-refractivity contribution >= 4 is 0 Å². The van der Waals surface area contributed by atoms with Gasteiger partial charge in [0, 0.05) is 18.0 Å². The molecule has 4 heteroatoms. The largest absolute Gasteiger partial charge is 0.492 e. The first-order valence-electron chi connectivity index (χ1n) is 10.3. The van der Waals surface area contributed by atoms with Crippen molar-refractivity contribution in [2.45, 2.75) is 64.7 Å². The molecule has 1 aromatic carbocycles. The van der Waals surface area contributed by atoms with Crippen molar-refractivity contribution in [2.24, 2.45) is 5.92 Å². The van der Waals surface area contributed by atoms with Gasteiger partial charge < -0.3 is 4.74 Å². The second kappa shape index (κ2) is 10.1. The molecule has 0 amide bonds. The van der Waals surface area contributed by atoms with Gasteiger partial charge in [-0.25, -0.2) is 9.97 Å². The number of unbranched alkanes of at least 4 members (excludes halogenated alkanes) is 2. The van der Waals surface area contributed by atoms with Gasteiger partial charge in [0.05, 0.1) is 12.2 Å². The highest BCUT2D eigenvalue weighted by Gasteiger charge is 2.15. The first-order valence-corrected chi connectivity index (χ1v) is 10.3. The standard InChI is InChI=1S/C23H29N3O/c1-2-3-5-10-19-15-25-23(26-16-19)20-11-12-22(21(13-20)14-24)27-17-18-8-6-4-7-9-18/h11-13,15-16,18H,2-10,17H2,1H3.